The van der Waals surface area contributed by atoms with E-state index >= 15 is 0 Å². The lowest BCUT2D eigenvalue weighted by molar-refractivity contribution is 0.0979. The van der Waals surface area contributed by atoms with Gasteiger partial charge in [0.25, 0.3) is 5.91 Å². The maximum atomic E-state index is 12.0. The predicted molar refractivity (Wildman–Crippen MR) is 96.9 cm³/mol. The molecule has 26 heavy (non-hydrogen) atoms. The second kappa shape index (κ2) is 10.0. The molecule has 0 aliphatic heterocycles. The van der Waals surface area contributed by atoms with Crippen LogP contribution in [0.25, 0.3) is 0 Å². The molecule has 1 N–H and O–H groups in total. The smallest absolute Gasteiger partial charge is 0.266 e. The van der Waals surface area contributed by atoms with E-state index in [4.69, 9.17) is 9.47 Å². The van der Waals surface area contributed by atoms with Crippen LogP contribution in [-0.2, 0) is 32.7 Å². The van der Waals surface area contributed by atoms with Gasteiger partial charge in [-0.1, -0.05) is 30.3 Å². The van der Waals surface area contributed by atoms with Gasteiger partial charge in [0.1, 0.15) is 0 Å². The van der Waals surface area contributed by atoms with Crippen molar-refractivity contribution in [2.24, 2.45) is 0 Å². The van der Waals surface area contributed by atoms with Gasteiger partial charge in [0.2, 0.25) is 10.0 Å². The third kappa shape index (κ3) is 6.91. The summed E-state index contributed by atoms with van der Waals surface area (Å²) >= 11 is 0. The van der Waals surface area contributed by atoms with Crippen LogP contribution in [0.1, 0.15) is 28.5 Å². The fraction of sp³-hybridized carbons (Fsp3) is 0.333. The van der Waals surface area contributed by atoms with Crippen LogP contribution in [0.5, 0.6) is 0 Å². The number of benzene rings is 1. The lowest BCUT2D eigenvalue weighted by Crippen LogP contribution is -2.34. The van der Waals surface area contributed by atoms with Crippen LogP contribution in [0.4, 0.5) is 0 Å². The summed E-state index contributed by atoms with van der Waals surface area (Å²) in [4.78, 5) is 16.1. The van der Waals surface area contributed by atoms with Crippen molar-refractivity contribution in [1.29, 1.82) is 0 Å². The highest BCUT2D eigenvalue weighted by Gasteiger charge is 2.16. The zero-order chi connectivity index (χ0) is 18.8. The highest BCUT2D eigenvalue weighted by atomic mass is 32.2. The summed E-state index contributed by atoms with van der Waals surface area (Å²) in [7, 11) is -3.78. The molecule has 0 saturated heterocycles. The summed E-state index contributed by atoms with van der Waals surface area (Å²) < 4.78 is 36.5. The van der Waals surface area contributed by atoms with Crippen LogP contribution < -0.4 is 4.72 Å². The van der Waals surface area contributed by atoms with Gasteiger partial charge in [-0.3, -0.25) is 9.78 Å². The Morgan fingerprint density at radius 3 is 2.50 bits per heavy atom. The Morgan fingerprint density at radius 2 is 1.85 bits per heavy atom. The van der Waals surface area contributed by atoms with E-state index in [0.29, 0.717) is 25.5 Å². The monoisotopic (exact) mass is 378 g/mol. The highest BCUT2D eigenvalue weighted by molar-refractivity contribution is 7.90. The minimum atomic E-state index is -3.78. The number of hydrogen-bond acceptors (Lipinski definition) is 6. The number of hydrogen-bond donors (Lipinski definition) is 1. The maximum Gasteiger partial charge on any atom is 0.266 e. The number of sulfonamides is 1. The Hall–Kier alpha value is -2.29. The van der Waals surface area contributed by atoms with Crippen molar-refractivity contribution >= 4 is 15.9 Å². The number of amides is 1. The van der Waals surface area contributed by atoms with Crippen molar-refractivity contribution < 1.29 is 22.7 Å². The summed E-state index contributed by atoms with van der Waals surface area (Å²) in [6.45, 7) is 3.08. The van der Waals surface area contributed by atoms with E-state index < -0.39 is 15.9 Å². The SMILES string of the molecule is CCOCc1ccc(C(=O)NS(=O)(=O)CCOCc2ccccc2)cn1. The van der Waals surface area contributed by atoms with Gasteiger partial charge in [-0.2, -0.15) is 0 Å². The Bertz CT molecular complexity index is 792. The first-order valence-corrected chi connectivity index (χ1v) is 9.84. The molecule has 0 saturated carbocycles. The molecule has 1 amide bonds. The van der Waals surface area contributed by atoms with E-state index in [2.05, 4.69) is 4.98 Å². The summed E-state index contributed by atoms with van der Waals surface area (Å²) in [5, 5.41) is 0. The molecule has 2 aromatic rings. The zero-order valence-corrected chi connectivity index (χ0v) is 15.4. The molecule has 2 rings (SSSR count). The molecule has 0 atom stereocenters. The number of aromatic nitrogens is 1. The Labute approximate surface area is 153 Å². The number of carbonyl (C=O) groups excluding carboxylic acids is 1. The van der Waals surface area contributed by atoms with Crippen LogP contribution in [0, 0.1) is 0 Å². The van der Waals surface area contributed by atoms with Crippen molar-refractivity contribution in [2.45, 2.75) is 20.1 Å². The average molecular weight is 378 g/mol. The van der Waals surface area contributed by atoms with Crippen LogP contribution in [0.3, 0.4) is 0 Å². The quantitative estimate of drug-likeness (QED) is 0.635. The standard InChI is InChI=1S/C18H22N2O5S/c1-2-24-14-17-9-8-16(12-19-17)18(21)20-26(22,23)11-10-25-13-15-6-4-3-5-7-15/h3-9,12H,2,10-11,13-14H2,1H3,(H,20,21). The fourth-order valence-corrected chi connectivity index (χ4v) is 2.87. The second-order valence-electron chi connectivity index (χ2n) is 5.46. The first kappa shape index (κ1) is 20.0. The van der Waals surface area contributed by atoms with Gasteiger partial charge in [0.15, 0.2) is 0 Å². The topological polar surface area (TPSA) is 94.6 Å². The molecule has 1 aromatic carbocycles. The van der Waals surface area contributed by atoms with Crippen molar-refractivity contribution in [2.75, 3.05) is 19.0 Å². The van der Waals surface area contributed by atoms with Crippen LogP contribution in [-0.4, -0.2) is 38.3 Å². The van der Waals surface area contributed by atoms with Crippen molar-refractivity contribution in [3.8, 4) is 0 Å². The Kier molecular flexibility index (Phi) is 7.71. The molecular weight excluding hydrogens is 356 g/mol. The van der Waals surface area contributed by atoms with Gasteiger partial charge in [-0.25, -0.2) is 13.1 Å². The highest BCUT2D eigenvalue weighted by Crippen LogP contribution is 2.04. The molecule has 140 valence electrons. The van der Waals surface area contributed by atoms with Crippen LogP contribution in [0.15, 0.2) is 48.7 Å². The van der Waals surface area contributed by atoms with Crippen molar-refractivity contribution in [1.82, 2.24) is 9.71 Å². The van der Waals surface area contributed by atoms with Gasteiger partial charge in [-0.15, -0.1) is 0 Å². The molecule has 0 spiro atoms. The molecule has 0 aliphatic carbocycles. The average Bonchev–Trinajstić information content (AvgIpc) is 2.64. The second-order valence-corrected chi connectivity index (χ2v) is 7.31. The van der Waals surface area contributed by atoms with Crippen LogP contribution >= 0.6 is 0 Å². The van der Waals surface area contributed by atoms with Gasteiger partial charge >= 0.3 is 0 Å². The lowest BCUT2D eigenvalue weighted by Gasteiger charge is -2.08. The molecule has 0 radical (unpaired) electrons. The molecule has 0 fully saturated rings. The molecule has 8 heteroatoms. The van der Waals surface area contributed by atoms with E-state index in [1.54, 1.807) is 6.07 Å². The Morgan fingerprint density at radius 1 is 1.08 bits per heavy atom. The third-order valence-corrected chi connectivity index (χ3v) is 4.60. The van der Waals surface area contributed by atoms with Gasteiger partial charge in [0.05, 0.1) is 36.8 Å². The Balaban J connectivity index is 1.79. The van der Waals surface area contributed by atoms with Gasteiger partial charge < -0.3 is 9.47 Å². The van der Waals surface area contributed by atoms with Crippen molar-refractivity contribution in [3.05, 3.63) is 65.5 Å². The van der Waals surface area contributed by atoms with E-state index in [1.807, 2.05) is 42.0 Å². The molecule has 7 nitrogen and oxygen atoms in total. The number of rotatable bonds is 10. The summed E-state index contributed by atoms with van der Waals surface area (Å²) in [6.07, 6.45) is 1.32. The molecule has 0 unspecified atom stereocenters. The van der Waals surface area contributed by atoms with Gasteiger partial charge in [-0.05, 0) is 24.6 Å². The van der Waals surface area contributed by atoms with Crippen molar-refractivity contribution in [3.63, 3.8) is 0 Å². The maximum absolute atomic E-state index is 12.0. The molecule has 1 aromatic heterocycles. The fourth-order valence-electron chi connectivity index (χ4n) is 2.03. The summed E-state index contributed by atoms with van der Waals surface area (Å²) in [5.74, 6) is -1.02. The number of nitrogens with zero attached hydrogens (tertiary/aromatic N) is 1. The largest absolute Gasteiger partial charge is 0.376 e. The third-order valence-electron chi connectivity index (χ3n) is 3.40. The molecule has 1 heterocycles. The first-order valence-electron chi connectivity index (χ1n) is 8.19. The minimum Gasteiger partial charge on any atom is -0.376 e. The minimum absolute atomic E-state index is 0.0109. The number of carbonyl (C=O) groups is 1. The number of pyridine rings is 1. The van der Waals surface area contributed by atoms with E-state index in [0.717, 1.165) is 5.56 Å². The number of ether oxygens (including phenoxy) is 2. The molecular formula is C18H22N2O5S. The zero-order valence-electron chi connectivity index (χ0n) is 14.6. The van der Waals surface area contributed by atoms with Gasteiger partial charge in [0, 0.05) is 12.8 Å². The van der Waals surface area contributed by atoms with E-state index in [9.17, 15) is 13.2 Å². The van der Waals surface area contributed by atoms with E-state index in [1.165, 1.54) is 12.3 Å². The molecule has 0 aliphatic rings. The normalized spacial score (nSPS) is 11.3. The van der Waals surface area contributed by atoms with Crippen LogP contribution in [0.2, 0.25) is 0 Å². The molecule has 0 bridgehead atoms. The van der Waals surface area contributed by atoms with E-state index in [-0.39, 0.29) is 17.9 Å². The predicted octanol–water partition coefficient (Wildman–Crippen LogP) is 1.89. The summed E-state index contributed by atoms with van der Waals surface area (Å²) in [5.41, 5.74) is 1.78. The lowest BCUT2D eigenvalue weighted by atomic mass is 10.2. The first-order chi connectivity index (χ1) is 12.5. The number of nitrogens with one attached hydrogen (secondary N) is 1. The summed E-state index contributed by atoms with van der Waals surface area (Å²) in [6, 6.07) is 12.6.